The summed E-state index contributed by atoms with van der Waals surface area (Å²) in [6.07, 6.45) is 0.678. The number of ether oxygens (including phenoxy) is 1. The molecule has 1 aliphatic rings. The number of carbonyl (C=O) groups excluding carboxylic acids is 1. The fraction of sp³-hybridized carbons (Fsp3) is 0.350. The molecule has 0 aromatic heterocycles. The van der Waals surface area contributed by atoms with Gasteiger partial charge in [-0.1, -0.05) is 18.2 Å². The molecule has 0 radical (unpaired) electrons. The summed E-state index contributed by atoms with van der Waals surface area (Å²) in [5.41, 5.74) is 1.70. The summed E-state index contributed by atoms with van der Waals surface area (Å²) in [5.74, 6) is -1.06. The minimum atomic E-state index is -0.863. The van der Waals surface area contributed by atoms with Crippen LogP contribution < -0.4 is 4.74 Å². The second-order valence-corrected chi connectivity index (χ2v) is 6.39. The number of carbonyl (C=O) groups is 1. The Labute approximate surface area is 146 Å². The number of amides is 1. The summed E-state index contributed by atoms with van der Waals surface area (Å²) in [6.45, 7) is 3.05. The first-order valence-corrected chi connectivity index (χ1v) is 8.41. The molecule has 2 unspecified atom stereocenters. The van der Waals surface area contributed by atoms with E-state index in [1.165, 1.54) is 6.07 Å². The molecule has 1 fully saturated rings. The average Bonchev–Trinajstić information content (AvgIpc) is 3.39. The molecule has 3 rings (SSSR count). The first kappa shape index (κ1) is 17.4. The van der Waals surface area contributed by atoms with Crippen molar-refractivity contribution < 1.29 is 18.3 Å². The molecule has 2 atom stereocenters. The first-order chi connectivity index (χ1) is 12.0. The van der Waals surface area contributed by atoms with Crippen molar-refractivity contribution in [3.63, 3.8) is 0 Å². The van der Waals surface area contributed by atoms with E-state index in [1.54, 1.807) is 18.0 Å². The van der Waals surface area contributed by atoms with Gasteiger partial charge in [-0.15, -0.1) is 0 Å². The Kier molecular flexibility index (Phi) is 5.02. The van der Waals surface area contributed by atoms with E-state index in [9.17, 15) is 13.6 Å². The Morgan fingerprint density at radius 1 is 1.16 bits per heavy atom. The average molecular weight is 345 g/mol. The zero-order valence-electron chi connectivity index (χ0n) is 14.3. The molecule has 0 heterocycles. The van der Waals surface area contributed by atoms with Crippen molar-refractivity contribution in [1.29, 1.82) is 0 Å². The Morgan fingerprint density at radius 2 is 1.88 bits per heavy atom. The van der Waals surface area contributed by atoms with Crippen LogP contribution in [0.5, 0.6) is 5.75 Å². The van der Waals surface area contributed by atoms with Crippen LogP contribution in [0.15, 0.2) is 42.5 Å². The van der Waals surface area contributed by atoms with E-state index in [4.69, 9.17) is 4.74 Å². The summed E-state index contributed by atoms with van der Waals surface area (Å²) < 4.78 is 31.8. The summed E-state index contributed by atoms with van der Waals surface area (Å²) in [6, 6.07) is 11.5. The summed E-state index contributed by atoms with van der Waals surface area (Å²) >= 11 is 0. The lowest BCUT2D eigenvalue weighted by Crippen LogP contribution is -2.28. The summed E-state index contributed by atoms with van der Waals surface area (Å²) in [5, 5.41) is 0. The van der Waals surface area contributed by atoms with Crippen LogP contribution in [-0.4, -0.2) is 24.5 Å². The lowest BCUT2D eigenvalue weighted by atomic mass is 10.1. The van der Waals surface area contributed by atoms with Gasteiger partial charge in [-0.25, -0.2) is 8.78 Å². The lowest BCUT2D eigenvalue weighted by molar-refractivity contribution is -0.131. The summed E-state index contributed by atoms with van der Waals surface area (Å²) in [7, 11) is 1.76. The van der Waals surface area contributed by atoms with Crippen molar-refractivity contribution in [1.82, 2.24) is 4.90 Å². The molecule has 25 heavy (non-hydrogen) atoms. The number of benzene rings is 2. The fourth-order valence-corrected chi connectivity index (χ4v) is 3.07. The molecule has 2 aromatic rings. The van der Waals surface area contributed by atoms with E-state index in [2.05, 4.69) is 0 Å². The molecule has 0 bridgehead atoms. The van der Waals surface area contributed by atoms with Gasteiger partial charge in [-0.2, -0.15) is 0 Å². The van der Waals surface area contributed by atoms with Crippen LogP contribution in [-0.2, 0) is 11.3 Å². The highest BCUT2D eigenvalue weighted by atomic mass is 19.2. The third kappa shape index (κ3) is 3.98. The van der Waals surface area contributed by atoms with Gasteiger partial charge >= 0.3 is 0 Å². The molecule has 0 aliphatic heterocycles. The zero-order valence-corrected chi connectivity index (χ0v) is 14.3. The van der Waals surface area contributed by atoms with Crippen LogP contribution >= 0.6 is 0 Å². The maximum absolute atomic E-state index is 13.3. The van der Waals surface area contributed by atoms with Crippen LogP contribution in [0.25, 0.3) is 0 Å². The highest BCUT2D eigenvalue weighted by Crippen LogP contribution is 2.48. The molecule has 0 saturated heterocycles. The van der Waals surface area contributed by atoms with E-state index in [0.29, 0.717) is 25.1 Å². The van der Waals surface area contributed by atoms with Crippen LogP contribution in [0.2, 0.25) is 0 Å². The van der Waals surface area contributed by atoms with Crippen molar-refractivity contribution in [2.75, 3.05) is 13.7 Å². The van der Waals surface area contributed by atoms with Crippen LogP contribution in [0.1, 0.15) is 30.4 Å². The Balaban J connectivity index is 1.58. The van der Waals surface area contributed by atoms with Crippen molar-refractivity contribution in [2.45, 2.75) is 25.8 Å². The van der Waals surface area contributed by atoms with Crippen LogP contribution in [0.3, 0.4) is 0 Å². The molecule has 132 valence electrons. The monoisotopic (exact) mass is 345 g/mol. The molecule has 1 saturated carbocycles. The van der Waals surface area contributed by atoms with Gasteiger partial charge in [-0.3, -0.25) is 4.79 Å². The van der Waals surface area contributed by atoms with Crippen molar-refractivity contribution in [3.8, 4) is 5.75 Å². The van der Waals surface area contributed by atoms with Gasteiger partial charge in [-0.05, 0) is 54.7 Å². The van der Waals surface area contributed by atoms with Crippen LogP contribution in [0.4, 0.5) is 8.78 Å². The highest BCUT2D eigenvalue weighted by Gasteiger charge is 2.45. The molecular formula is C20H21F2NO2. The van der Waals surface area contributed by atoms with Gasteiger partial charge in [0.2, 0.25) is 5.91 Å². The third-order valence-corrected chi connectivity index (χ3v) is 4.51. The topological polar surface area (TPSA) is 29.5 Å². The minimum Gasteiger partial charge on any atom is -0.494 e. The molecule has 0 spiro atoms. The smallest absolute Gasteiger partial charge is 0.226 e. The maximum atomic E-state index is 13.3. The van der Waals surface area contributed by atoms with E-state index in [1.807, 2.05) is 31.2 Å². The zero-order chi connectivity index (χ0) is 18.0. The molecule has 1 aliphatic carbocycles. The number of hydrogen-bond acceptors (Lipinski definition) is 2. The molecule has 3 nitrogen and oxygen atoms in total. The standard InChI is InChI=1S/C20H21F2NO2/c1-3-25-15-7-4-13(5-8-15)12-23(2)20(24)17-11-16(17)14-6-9-18(21)19(22)10-14/h4-10,16-17H,3,11-12H2,1-2H3. The predicted octanol–water partition coefficient (Wildman–Crippen LogP) is 4.13. The SMILES string of the molecule is CCOc1ccc(CN(C)C(=O)C2CC2c2ccc(F)c(F)c2)cc1. The van der Waals surface area contributed by atoms with Crippen molar-refractivity contribution >= 4 is 5.91 Å². The van der Waals surface area contributed by atoms with Gasteiger partial charge in [0.25, 0.3) is 0 Å². The fourth-order valence-electron chi connectivity index (χ4n) is 3.07. The van der Waals surface area contributed by atoms with Gasteiger partial charge < -0.3 is 9.64 Å². The quantitative estimate of drug-likeness (QED) is 0.788. The predicted molar refractivity (Wildman–Crippen MR) is 91.3 cm³/mol. The number of hydrogen-bond donors (Lipinski definition) is 0. The third-order valence-electron chi connectivity index (χ3n) is 4.51. The van der Waals surface area contributed by atoms with Gasteiger partial charge in [0.15, 0.2) is 11.6 Å². The minimum absolute atomic E-state index is 0.0228. The number of halogens is 2. The van der Waals surface area contributed by atoms with E-state index in [0.717, 1.165) is 17.4 Å². The molecule has 0 N–H and O–H groups in total. The normalized spacial score (nSPS) is 18.7. The summed E-state index contributed by atoms with van der Waals surface area (Å²) in [4.78, 5) is 14.2. The molecular weight excluding hydrogens is 324 g/mol. The second-order valence-electron chi connectivity index (χ2n) is 6.39. The lowest BCUT2D eigenvalue weighted by Gasteiger charge is -2.18. The number of rotatable bonds is 6. The van der Waals surface area contributed by atoms with E-state index in [-0.39, 0.29) is 17.7 Å². The van der Waals surface area contributed by atoms with Gasteiger partial charge in [0.1, 0.15) is 5.75 Å². The Bertz CT molecular complexity index is 761. The van der Waals surface area contributed by atoms with Gasteiger partial charge in [0, 0.05) is 19.5 Å². The van der Waals surface area contributed by atoms with E-state index >= 15 is 0 Å². The largest absolute Gasteiger partial charge is 0.494 e. The van der Waals surface area contributed by atoms with Crippen molar-refractivity contribution in [2.24, 2.45) is 5.92 Å². The molecule has 2 aromatic carbocycles. The first-order valence-electron chi connectivity index (χ1n) is 8.41. The highest BCUT2D eigenvalue weighted by molar-refractivity contribution is 5.82. The van der Waals surface area contributed by atoms with Crippen molar-refractivity contribution in [3.05, 3.63) is 65.2 Å². The number of nitrogens with zero attached hydrogens (tertiary/aromatic N) is 1. The second kappa shape index (κ2) is 7.21. The maximum Gasteiger partial charge on any atom is 0.226 e. The van der Waals surface area contributed by atoms with E-state index < -0.39 is 11.6 Å². The van der Waals surface area contributed by atoms with Gasteiger partial charge in [0.05, 0.1) is 6.61 Å². The molecule has 5 heteroatoms. The molecule has 1 amide bonds. The van der Waals surface area contributed by atoms with Crippen LogP contribution in [0, 0.1) is 17.6 Å². The Morgan fingerprint density at radius 3 is 2.52 bits per heavy atom. The Hall–Kier alpha value is -2.43.